The molecule has 66 heavy (non-hydrogen) atoms. The van der Waals surface area contributed by atoms with E-state index in [1.165, 1.54) is 110 Å². The first-order valence-corrected chi connectivity index (χ1v) is 24.4. The lowest BCUT2D eigenvalue weighted by atomic mass is 9.62. The van der Waals surface area contributed by atoms with Crippen molar-refractivity contribution in [1.82, 2.24) is 0 Å². The van der Waals surface area contributed by atoms with Crippen LogP contribution in [0.2, 0.25) is 0 Å². The Labute approximate surface area is 405 Å². The number of rotatable bonds is 10. The number of fused-ring (bicyclic) bond motifs is 2. The van der Waals surface area contributed by atoms with Crippen LogP contribution in [-0.2, 0) is 5.41 Å². The molecule has 7 aromatic carbocycles. The molecule has 0 bridgehead atoms. The van der Waals surface area contributed by atoms with Crippen LogP contribution < -0.4 is 0 Å². The Kier molecular flexibility index (Phi) is 27.6. The summed E-state index contributed by atoms with van der Waals surface area (Å²) in [5.41, 5.74) is 9.70. The quantitative estimate of drug-likeness (QED) is 0.0948. The molecule has 1 aliphatic rings. The summed E-state index contributed by atoms with van der Waals surface area (Å²) in [7, 11) is 0. The van der Waals surface area contributed by atoms with Gasteiger partial charge in [-0.1, -0.05) is 277 Å². The van der Waals surface area contributed by atoms with Crippen molar-refractivity contribution in [2.75, 3.05) is 0 Å². The second-order valence-electron chi connectivity index (χ2n) is 16.6. The molecule has 0 amide bonds. The van der Waals surface area contributed by atoms with E-state index in [0.29, 0.717) is 0 Å². The standard InChI is InChI=1S/C36H26.C14H26.C7H8.C3H8.2C2H6.2CH4/c1-24-17-18-26-19-22-32-31-16-10-9-11-25(2)36(28-12-5-3-6-13-28,29-14-7-4-8-15-29)33(31)23-27-20-21-30(24)34(26)35(27)32;1-5-7-10-14(4)12-8-11-13(3)9-6-2;1-7-5-3-2-4-6-7;1-3-2;2*1-2;;/h3-23H,2H2,1H3;5,10,13H,1,6-9,11-12H2,2-4H3;2-6H,1H3;3H2,1-2H3;2*1-2H3;2*1H4/b11-9-,16-10-;14-10-;;;;;;. The van der Waals surface area contributed by atoms with E-state index in [0.717, 1.165) is 17.9 Å². The molecule has 1 atom stereocenters. The Hall–Kier alpha value is -5.72. The van der Waals surface area contributed by atoms with Crippen molar-refractivity contribution in [1.29, 1.82) is 0 Å². The third-order valence-corrected chi connectivity index (χ3v) is 11.6. The van der Waals surface area contributed by atoms with Gasteiger partial charge in [-0.15, -0.1) is 6.58 Å². The zero-order valence-electron chi connectivity index (χ0n) is 41.6. The minimum absolute atomic E-state index is 0. The number of hydrogen-bond acceptors (Lipinski definition) is 0. The van der Waals surface area contributed by atoms with Crippen LogP contribution in [0.15, 0.2) is 188 Å². The highest BCUT2D eigenvalue weighted by Crippen LogP contribution is 2.50. The molecule has 1 aliphatic carbocycles. The molecule has 8 rings (SSSR count). The Bertz CT molecular complexity index is 2450. The van der Waals surface area contributed by atoms with Crippen LogP contribution >= 0.6 is 0 Å². The van der Waals surface area contributed by atoms with Crippen molar-refractivity contribution in [3.63, 3.8) is 0 Å². The normalized spacial score (nSPS) is 13.4. The fourth-order valence-electron chi connectivity index (χ4n) is 8.67. The smallest absolute Gasteiger partial charge is 0.0702 e. The van der Waals surface area contributed by atoms with Gasteiger partial charge in [0.2, 0.25) is 0 Å². The third-order valence-electron chi connectivity index (χ3n) is 11.6. The highest BCUT2D eigenvalue weighted by Gasteiger charge is 2.40. The van der Waals surface area contributed by atoms with E-state index in [1.807, 2.05) is 52.0 Å². The van der Waals surface area contributed by atoms with E-state index in [1.54, 1.807) is 0 Å². The zero-order valence-corrected chi connectivity index (χ0v) is 41.6. The van der Waals surface area contributed by atoms with Gasteiger partial charge in [-0.25, -0.2) is 0 Å². The second-order valence-corrected chi connectivity index (χ2v) is 16.6. The SMILES string of the molecule is C.C.C=C1/C=C\C=C/c2c(cc3ccc4c(C)ccc5ccc2c3c54)C1(c1ccccc1)c1ccccc1.C=CC/C=C(/C)CCCC(C)CCC.CC.CC.CCC.Cc1ccccc1. The average Bonchev–Trinajstić information content (AvgIpc) is 3.32. The first kappa shape index (κ1) is 58.3. The van der Waals surface area contributed by atoms with Gasteiger partial charge in [-0.3, -0.25) is 0 Å². The molecule has 7 aromatic rings. The lowest BCUT2D eigenvalue weighted by Gasteiger charge is -2.39. The van der Waals surface area contributed by atoms with Crippen molar-refractivity contribution >= 4 is 38.4 Å². The number of allylic oxidation sites excluding steroid dienone is 7. The molecule has 0 aliphatic heterocycles. The molecular weight excluding hydrogens is 793 g/mol. The Morgan fingerprint density at radius 1 is 0.636 bits per heavy atom. The number of benzene rings is 7. The Morgan fingerprint density at radius 3 is 1.67 bits per heavy atom. The van der Waals surface area contributed by atoms with Crippen LogP contribution in [0.1, 0.15) is 155 Å². The van der Waals surface area contributed by atoms with E-state index in [2.05, 4.69) is 201 Å². The maximum absolute atomic E-state index is 4.69. The largest absolute Gasteiger partial charge is 0.103 e. The van der Waals surface area contributed by atoms with Gasteiger partial charge < -0.3 is 0 Å². The lowest BCUT2D eigenvalue weighted by Crippen LogP contribution is -2.32. The van der Waals surface area contributed by atoms with Gasteiger partial charge in [-0.2, -0.15) is 0 Å². The fourth-order valence-corrected chi connectivity index (χ4v) is 8.67. The highest BCUT2D eigenvalue weighted by molar-refractivity contribution is 6.25. The minimum Gasteiger partial charge on any atom is -0.103 e. The summed E-state index contributed by atoms with van der Waals surface area (Å²) in [6, 6.07) is 48.1. The molecule has 0 saturated heterocycles. The minimum atomic E-state index is -0.514. The topological polar surface area (TPSA) is 0 Å². The zero-order chi connectivity index (χ0) is 46.9. The van der Waals surface area contributed by atoms with Gasteiger partial charge in [0.25, 0.3) is 0 Å². The second kappa shape index (κ2) is 31.2. The summed E-state index contributed by atoms with van der Waals surface area (Å²) < 4.78 is 0. The summed E-state index contributed by atoms with van der Waals surface area (Å²) >= 11 is 0. The summed E-state index contributed by atoms with van der Waals surface area (Å²) in [6.45, 7) is 31.8. The molecule has 0 heteroatoms. The fraction of sp³-hybridized carbons (Fsp3) is 0.333. The molecule has 0 nitrogen and oxygen atoms in total. The van der Waals surface area contributed by atoms with Gasteiger partial charge in [0.1, 0.15) is 0 Å². The first-order valence-electron chi connectivity index (χ1n) is 24.4. The highest BCUT2D eigenvalue weighted by atomic mass is 14.4. The molecule has 0 radical (unpaired) electrons. The number of aryl methyl sites for hydroxylation is 2. The molecule has 0 N–H and O–H groups in total. The van der Waals surface area contributed by atoms with Crippen LogP contribution in [0.25, 0.3) is 38.4 Å². The summed E-state index contributed by atoms with van der Waals surface area (Å²) in [4.78, 5) is 0. The predicted octanol–water partition coefficient (Wildman–Crippen LogP) is 21.2. The van der Waals surface area contributed by atoms with E-state index in [9.17, 15) is 0 Å². The average molecular weight is 881 g/mol. The maximum Gasteiger partial charge on any atom is 0.0702 e. The van der Waals surface area contributed by atoms with Crippen LogP contribution in [0, 0.1) is 19.8 Å². The van der Waals surface area contributed by atoms with Gasteiger partial charge in [0.15, 0.2) is 0 Å². The van der Waals surface area contributed by atoms with E-state index in [4.69, 9.17) is 6.58 Å². The monoisotopic (exact) mass is 881 g/mol. The van der Waals surface area contributed by atoms with E-state index in [-0.39, 0.29) is 14.9 Å². The molecule has 0 spiro atoms. The van der Waals surface area contributed by atoms with Gasteiger partial charge in [0, 0.05) is 0 Å². The van der Waals surface area contributed by atoms with Gasteiger partial charge in [-0.05, 0) is 118 Å². The van der Waals surface area contributed by atoms with Crippen molar-refractivity contribution in [3.05, 3.63) is 222 Å². The van der Waals surface area contributed by atoms with Crippen LogP contribution in [0.5, 0.6) is 0 Å². The summed E-state index contributed by atoms with van der Waals surface area (Å²) in [6.07, 6.45) is 22.0. The maximum atomic E-state index is 4.69. The molecule has 352 valence electrons. The molecule has 0 aromatic heterocycles. The summed E-state index contributed by atoms with van der Waals surface area (Å²) in [5, 5.41) is 7.91. The summed E-state index contributed by atoms with van der Waals surface area (Å²) in [5.74, 6) is 0.909. The van der Waals surface area contributed by atoms with Crippen LogP contribution in [-0.4, -0.2) is 0 Å². The Balaban J connectivity index is 0.000000604. The van der Waals surface area contributed by atoms with E-state index >= 15 is 0 Å². The molecule has 1 unspecified atom stereocenters. The van der Waals surface area contributed by atoms with Gasteiger partial charge in [0.05, 0.1) is 5.41 Å². The molecule has 0 heterocycles. The third kappa shape index (κ3) is 14.9. The van der Waals surface area contributed by atoms with Crippen LogP contribution in [0.4, 0.5) is 0 Å². The van der Waals surface area contributed by atoms with Crippen molar-refractivity contribution in [2.24, 2.45) is 5.92 Å². The molecule has 0 fully saturated rings. The predicted molar refractivity (Wildman–Crippen MR) is 305 cm³/mol. The van der Waals surface area contributed by atoms with Crippen LogP contribution in [0.3, 0.4) is 0 Å². The van der Waals surface area contributed by atoms with Crippen molar-refractivity contribution in [2.45, 2.75) is 141 Å². The first-order chi connectivity index (χ1) is 31.2. The van der Waals surface area contributed by atoms with Crippen molar-refractivity contribution < 1.29 is 0 Å². The lowest BCUT2D eigenvalue weighted by molar-refractivity contribution is 0.469. The molecular formula is C66H88. The van der Waals surface area contributed by atoms with E-state index < -0.39 is 5.41 Å². The van der Waals surface area contributed by atoms with Crippen molar-refractivity contribution in [3.8, 4) is 0 Å². The Morgan fingerprint density at radius 2 is 1.14 bits per heavy atom. The molecule has 0 saturated carbocycles. The van der Waals surface area contributed by atoms with Gasteiger partial charge >= 0.3 is 0 Å². The number of hydrogen-bond donors (Lipinski definition) is 0.